The van der Waals surface area contributed by atoms with Crippen LogP contribution in [0.2, 0.25) is 5.28 Å². The molecule has 0 N–H and O–H groups in total. The Hall–Kier alpha value is -2.01. The van der Waals surface area contributed by atoms with Crippen LogP contribution in [0.5, 0.6) is 0 Å². The molecule has 6 heteroatoms. The topological polar surface area (TPSA) is 46.1 Å². The van der Waals surface area contributed by atoms with Gasteiger partial charge >= 0.3 is 0 Å². The second-order valence-corrected chi connectivity index (χ2v) is 5.89. The Morgan fingerprint density at radius 3 is 2.86 bits per heavy atom. The van der Waals surface area contributed by atoms with Gasteiger partial charge in [-0.2, -0.15) is 0 Å². The third kappa shape index (κ3) is 2.57. The number of rotatable bonds is 2. The van der Waals surface area contributed by atoms with Crippen LogP contribution >= 0.6 is 11.6 Å². The lowest BCUT2D eigenvalue weighted by Crippen LogP contribution is -2.42. The third-order valence-corrected chi connectivity index (χ3v) is 4.01. The monoisotopic (exact) mass is 319 g/mol. The summed E-state index contributed by atoms with van der Waals surface area (Å²) in [6.45, 7) is 4.66. The maximum atomic E-state index is 13.9. The van der Waals surface area contributed by atoms with Gasteiger partial charge in [-0.05, 0) is 49.6 Å². The predicted octanol–water partition coefficient (Wildman–Crippen LogP) is 3.34. The number of benzene rings is 1. The summed E-state index contributed by atoms with van der Waals surface area (Å²) in [7, 11) is 0. The van der Waals surface area contributed by atoms with Crippen molar-refractivity contribution < 1.29 is 9.18 Å². The second kappa shape index (κ2) is 5.65. The van der Waals surface area contributed by atoms with E-state index in [1.807, 2.05) is 24.8 Å². The van der Waals surface area contributed by atoms with E-state index >= 15 is 0 Å². The minimum atomic E-state index is -0.532. The van der Waals surface area contributed by atoms with E-state index in [4.69, 9.17) is 11.6 Å². The highest BCUT2D eigenvalue weighted by Gasteiger charge is 2.26. The Morgan fingerprint density at radius 1 is 1.36 bits per heavy atom. The average molecular weight is 320 g/mol. The number of aromatic nitrogens is 2. The van der Waals surface area contributed by atoms with Gasteiger partial charge in [-0.3, -0.25) is 4.79 Å². The van der Waals surface area contributed by atoms with Crippen LogP contribution < -0.4 is 0 Å². The van der Waals surface area contributed by atoms with Crippen LogP contribution in [0.1, 0.15) is 29.8 Å². The van der Waals surface area contributed by atoms with Crippen molar-refractivity contribution in [3.63, 3.8) is 0 Å². The van der Waals surface area contributed by atoms with Crippen molar-refractivity contribution in [3.8, 4) is 11.3 Å². The number of nitrogens with zero attached hydrogens (tertiary/aromatic N) is 3. The van der Waals surface area contributed by atoms with E-state index in [-0.39, 0.29) is 22.9 Å². The van der Waals surface area contributed by atoms with Gasteiger partial charge < -0.3 is 4.90 Å². The summed E-state index contributed by atoms with van der Waals surface area (Å²) in [5, 5.41) is -0.00354. The van der Waals surface area contributed by atoms with Crippen LogP contribution in [0.4, 0.5) is 4.39 Å². The molecule has 0 saturated heterocycles. The van der Waals surface area contributed by atoms with Crippen molar-refractivity contribution in [3.05, 3.63) is 46.6 Å². The zero-order valence-electron chi connectivity index (χ0n) is 12.3. The molecule has 4 nitrogen and oxygen atoms in total. The number of amides is 1. The summed E-state index contributed by atoms with van der Waals surface area (Å²) >= 11 is 5.74. The number of carbonyl (C=O) groups excluding carboxylic acids is 1. The van der Waals surface area contributed by atoms with Gasteiger partial charge in [0.1, 0.15) is 5.69 Å². The molecule has 114 valence electrons. The fourth-order valence-electron chi connectivity index (χ4n) is 2.69. The first kappa shape index (κ1) is 14.9. The van der Waals surface area contributed by atoms with Crippen LogP contribution in [-0.2, 0) is 6.42 Å². The average Bonchev–Trinajstić information content (AvgIpc) is 2.49. The van der Waals surface area contributed by atoms with Crippen molar-refractivity contribution in [1.82, 2.24) is 14.9 Å². The molecular formula is C16H15ClFN3O. The highest BCUT2D eigenvalue weighted by atomic mass is 35.5. The smallest absolute Gasteiger partial charge is 0.254 e. The molecule has 0 bridgehead atoms. The Morgan fingerprint density at radius 2 is 2.14 bits per heavy atom. The van der Waals surface area contributed by atoms with Gasteiger partial charge in [0.05, 0.1) is 6.20 Å². The zero-order chi connectivity index (χ0) is 15.9. The van der Waals surface area contributed by atoms with Crippen LogP contribution in [0.25, 0.3) is 11.3 Å². The molecule has 3 rings (SSSR count). The largest absolute Gasteiger partial charge is 0.336 e. The maximum absolute atomic E-state index is 13.9. The first-order valence-electron chi connectivity index (χ1n) is 7.09. The third-order valence-electron chi connectivity index (χ3n) is 3.83. The number of hydrogen-bond donors (Lipinski definition) is 0. The molecule has 2 heterocycles. The van der Waals surface area contributed by atoms with E-state index < -0.39 is 5.82 Å². The zero-order valence-corrected chi connectivity index (χ0v) is 13.1. The van der Waals surface area contributed by atoms with E-state index in [1.165, 1.54) is 0 Å². The number of fused-ring (bicyclic) bond motifs is 1. The molecule has 0 saturated carbocycles. The van der Waals surface area contributed by atoms with Gasteiger partial charge in [-0.15, -0.1) is 0 Å². The van der Waals surface area contributed by atoms with Crippen LogP contribution in [-0.4, -0.2) is 33.4 Å². The number of halogens is 2. The van der Waals surface area contributed by atoms with E-state index in [1.54, 1.807) is 12.1 Å². The highest BCUT2D eigenvalue weighted by molar-refractivity contribution is 6.28. The SMILES string of the molecule is CC(C)N1CCc2cc(-c3nc(Cl)ncc3F)ccc2C1=O. The molecule has 1 aliphatic heterocycles. The van der Waals surface area contributed by atoms with Crippen molar-refractivity contribution >= 4 is 17.5 Å². The molecule has 0 atom stereocenters. The first-order chi connectivity index (χ1) is 10.5. The van der Waals surface area contributed by atoms with E-state index in [0.717, 1.165) is 18.2 Å². The quantitative estimate of drug-likeness (QED) is 0.798. The van der Waals surface area contributed by atoms with Crippen molar-refractivity contribution in [2.45, 2.75) is 26.3 Å². The first-order valence-corrected chi connectivity index (χ1v) is 7.47. The van der Waals surface area contributed by atoms with Crippen LogP contribution in [0.3, 0.4) is 0 Å². The summed E-state index contributed by atoms with van der Waals surface area (Å²) in [5.41, 5.74) is 2.34. The molecule has 0 unspecified atom stereocenters. The summed E-state index contributed by atoms with van der Waals surface area (Å²) in [6, 6.07) is 5.41. The van der Waals surface area contributed by atoms with Gasteiger partial charge in [0.15, 0.2) is 5.82 Å². The number of hydrogen-bond acceptors (Lipinski definition) is 3. The lowest BCUT2D eigenvalue weighted by molar-refractivity contribution is 0.0688. The summed E-state index contributed by atoms with van der Waals surface area (Å²) < 4.78 is 13.9. The predicted molar refractivity (Wildman–Crippen MR) is 82.3 cm³/mol. The fourth-order valence-corrected chi connectivity index (χ4v) is 2.83. The normalized spacial score (nSPS) is 14.4. The van der Waals surface area contributed by atoms with Gasteiger partial charge in [0.25, 0.3) is 5.91 Å². The fraction of sp³-hybridized carbons (Fsp3) is 0.312. The Bertz CT molecular complexity index is 748. The van der Waals surface area contributed by atoms with Gasteiger partial charge in [0.2, 0.25) is 5.28 Å². The second-order valence-electron chi connectivity index (χ2n) is 5.55. The van der Waals surface area contributed by atoms with Crippen molar-refractivity contribution in [2.24, 2.45) is 0 Å². The summed E-state index contributed by atoms with van der Waals surface area (Å²) in [5.74, 6) is -0.515. The van der Waals surface area contributed by atoms with E-state index in [2.05, 4.69) is 9.97 Å². The minimum Gasteiger partial charge on any atom is -0.336 e. The molecular weight excluding hydrogens is 305 g/mol. The maximum Gasteiger partial charge on any atom is 0.254 e. The van der Waals surface area contributed by atoms with Crippen molar-refractivity contribution in [2.75, 3.05) is 6.54 Å². The number of carbonyl (C=O) groups is 1. The lowest BCUT2D eigenvalue weighted by atomic mass is 9.95. The van der Waals surface area contributed by atoms with Gasteiger partial charge in [-0.1, -0.05) is 6.07 Å². The Balaban J connectivity index is 2.03. The Kier molecular flexibility index (Phi) is 3.83. The molecule has 1 amide bonds. The van der Waals surface area contributed by atoms with Crippen LogP contribution in [0.15, 0.2) is 24.4 Å². The molecule has 1 aliphatic rings. The lowest BCUT2D eigenvalue weighted by Gasteiger charge is -2.32. The highest BCUT2D eigenvalue weighted by Crippen LogP contribution is 2.27. The minimum absolute atomic E-state index is 0.00354. The Labute approximate surface area is 133 Å². The molecule has 1 aromatic carbocycles. The van der Waals surface area contributed by atoms with Gasteiger partial charge in [-0.25, -0.2) is 14.4 Å². The summed E-state index contributed by atoms with van der Waals surface area (Å²) in [6.07, 6.45) is 1.79. The molecule has 0 fully saturated rings. The molecule has 0 spiro atoms. The van der Waals surface area contributed by atoms with Gasteiger partial charge in [0, 0.05) is 23.7 Å². The molecule has 0 radical (unpaired) electrons. The standard InChI is InChI=1S/C16H15ClFN3O/c1-9(2)21-6-5-10-7-11(3-4-12(10)15(21)22)14-13(18)8-19-16(17)20-14/h3-4,7-9H,5-6H2,1-2H3. The molecule has 1 aromatic heterocycles. The summed E-state index contributed by atoms with van der Waals surface area (Å²) in [4.78, 5) is 21.8. The van der Waals surface area contributed by atoms with E-state index in [9.17, 15) is 9.18 Å². The van der Waals surface area contributed by atoms with Crippen molar-refractivity contribution in [1.29, 1.82) is 0 Å². The van der Waals surface area contributed by atoms with E-state index in [0.29, 0.717) is 17.7 Å². The molecule has 0 aliphatic carbocycles. The van der Waals surface area contributed by atoms with Crippen LogP contribution in [0, 0.1) is 5.82 Å². The molecule has 22 heavy (non-hydrogen) atoms. The molecule has 2 aromatic rings.